The maximum Gasteiger partial charge on any atom is 0.0625 e. The highest BCUT2D eigenvalue weighted by atomic mass is 15.3. The molecule has 1 rings (SSSR count). The fourth-order valence-electron chi connectivity index (χ4n) is 1.84. The number of rotatable bonds is 8. The lowest BCUT2D eigenvalue weighted by Gasteiger charge is -2.20. The maximum absolute atomic E-state index is 4.45. The van der Waals surface area contributed by atoms with Gasteiger partial charge in [0.1, 0.15) is 0 Å². The first-order valence-electron chi connectivity index (χ1n) is 6.97. The van der Waals surface area contributed by atoms with Crippen LogP contribution < -0.4 is 5.32 Å². The predicted molar refractivity (Wildman–Crippen MR) is 76.7 cm³/mol. The lowest BCUT2D eigenvalue weighted by Crippen LogP contribution is -2.29. The van der Waals surface area contributed by atoms with Crippen molar-refractivity contribution < 1.29 is 0 Å². The SMILES string of the molecule is CCc1cc(CNCCCN(C)C(C)C)n(C)n1. The summed E-state index contributed by atoms with van der Waals surface area (Å²) in [6, 6.07) is 2.82. The van der Waals surface area contributed by atoms with E-state index in [4.69, 9.17) is 0 Å². The van der Waals surface area contributed by atoms with Crippen molar-refractivity contribution in [3.05, 3.63) is 17.5 Å². The van der Waals surface area contributed by atoms with Crippen LogP contribution in [0.25, 0.3) is 0 Å². The number of hydrogen-bond donors (Lipinski definition) is 1. The summed E-state index contributed by atoms with van der Waals surface area (Å²) in [5.74, 6) is 0. The summed E-state index contributed by atoms with van der Waals surface area (Å²) in [5, 5.41) is 7.93. The molecule has 0 atom stereocenters. The highest BCUT2D eigenvalue weighted by molar-refractivity contribution is 5.09. The number of nitrogens with zero attached hydrogens (tertiary/aromatic N) is 3. The average molecular weight is 252 g/mol. The van der Waals surface area contributed by atoms with Gasteiger partial charge in [-0.05, 0) is 52.9 Å². The van der Waals surface area contributed by atoms with Gasteiger partial charge in [-0.15, -0.1) is 0 Å². The van der Waals surface area contributed by atoms with Crippen molar-refractivity contribution in [3.63, 3.8) is 0 Å². The molecule has 104 valence electrons. The Balaban J connectivity index is 2.19. The summed E-state index contributed by atoms with van der Waals surface area (Å²) in [7, 11) is 4.20. The zero-order valence-corrected chi connectivity index (χ0v) is 12.5. The van der Waals surface area contributed by atoms with Gasteiger partial charge in [-0.25, -0.2) is 0 Å². The molecule has 1 aromatic rings. The molecular weight excluding hydrogens is 224 g/mol. The summed E-state index contributed by atoms with van der Waals surface area (Å²) < 4.78 is 1.98. The van der Waals surface area contributed by atoms with Crippen LogP contribution in [-0.4, -0.2) is 40.9 Å². The van der Waals surface area contributed by atoms with Crippen LogP contribution in [0.1, 0.15) is 38.6 Å². The van der Waals surface area contributed by atoms with Crippen molar-refractivity contribution >= 4 is 0 Å². The first-order chi connectivity index (χ1) is 8.54. The Kier molecular flexibility index (Phi) is 6.36. The van der Waals surface area contributed by atoms with Crippen LogP contribution in [0, 0.1) is 0 Å². The predicted octanol–water partition coefficient (Wildman–Crippen LogP) is 1.80. The monoisotopic (exact) mass is 252 g/mol. The van der Waals surface area contributed by atoms with E-state index in [1.165, 1.54) is 17.8 Å². The van der Waals surface area contributed by atoms with Crippen LogP contribution in [0.5, 0.6) is 0 Å². The van der Waals surface area contributed by atoms with Gasteiger partial charge in [-0.1, -0.05) is 6.92 Å². The molecule has 4 nitrogen and oxygen atoms in total. The van der Waals surface area contributed by atoms with Gasteiger partial charge in [0.15, 0.2) is 0 Å². The maximum atomic E-state index is 4.45. The minimum atomic E-state index is 0.634. The van der Waals surface area contributed by atoms with Crippen molar-refractivity contribution in [1.82, 2.24) is 20.0 Å². The van der Waals surface area contributed by atoms with Crippen molar-refractivity contribution in [2.24, 2.45) is 7.05 Å². The number of aryl methyl sites for hydroxylation is 2. The molecule has 0 spiro atoms. The molecule has 0 aliphatic carbocycles. The number of nitrogens with one attached hydrogen (secondary N) is 1. The molecule has 0 amide bonds. The van der Waals surface area contributed by atoms with Crippen molar-refractivity contribution in [2.45, 2.75) is 46.2 Å². The third-order valence-corrected chi connectivity index (χ3v) is 3.44. The highest BCUT2D eigenvalue weighted by Gasteiger charge is 2.04. The van der Waals surface area contributed by atoms with Crippen LogP contribution in [0.4, 0.5) is 0 Å². The molecule has 0 aliphatic rings. The molecule has 18 heavy (non-hydrogen) atoms. The Morgan fingerprint density at radius 2 is 2.17 bits per heavy atom. The molecule has 4 heteroatoms. The van der Waals surface area contributed by atoms with Crippen LogP contribution >= 0.6 is 0 Å². The molecule has 0 unspecified atom stereocenters. The minimum absolute atomic E-state index is 0.634. The highest BCUT2D eigenvalue weighted by Crippen LogP contribution is 2.03. The van der Waals surface area contributed by atoms with E-state index in [-0.39, 0.29) is 0 Å². The third kappa shape index (κ3) is 4.78. The first-order valence-corrected chi connectivity index (χ1v) is 6.97. The molecule has 0 saturated heterocycles. The van der Waals surface area contributed by atoms with Gasteiger partial charge in [0.25, 0.3) is 0 Å². The second-order valence-corrected chi connectivity index (χ2v) is 5.21. The zero-order valence-electron chi connectivity index (χ0n) is 12.5. The Morgan fingerprint density at radius 3 is 2.72 bits per heavy atom. The van der Waals surface area contributed by atoms with Crippen LogP contribution in [-0.2, 0) is 20.0 Å². The molecule has 1 heterocycles. The molecule has 1 aromatic heterocycles. The molecule has 0 saturated carbocycles. The minimum Gasteiger partial charge on any atom is -0.311 e. The van der Waals surface area contributed by atoms with Gasteiger partial charge in [0, 0.05) is 19.6 Å². The Hall–Kier alpha value is -0.870. The van der Waals surface area contributed by atoms with Gasteiger partial charge in [-0.3, -0.25) is 4.68 Å². The summed E-state index contributed by atoms with van der Waals surface area (Å²) in [6.07, 6.45) is 2.19. The van der Waals surface area contributed by atoms with Crippen molar-refractivity contribution in [1.29, 1.82) is 0 Å². The number of aromatic nitrogens is 2. The van der Waals surface area contributed by atoms with Gasteiger partial charge in [0.2, 0.25) is 0 Å². The smallest absolute Gasteiger partial charge is 0.0625 e. The standard InChI is InChI=1S/C14H28N4/c1-6-13-10-14(18(5)16-13)11-15-8-7-9-17(4)12(2)3/h10,12,15H,6-9,11H2,1-5H3. The summed E-state index contributed by atoms with van der Waals surface area (Å²) in [6.45, 7) is 9.72. The topological polar surface area (TPSA) is 33.1 Å². The number of hydrogen-bond acceptors (Lipinski definition) is 3. The Morgan fingerprint density at radius 1 is 1.44 bits per heavy atom. The lowest BCUT2D eigenvalue weighted by atomic mass is 10.3. The van der Waals surface area contributed by atoms with E-state index in [9.17, 15) is 0 Å². The van der Waals surface area contributed by atoms with Crippen molar-refractivity contribution in [3.8, 4) is 0 Å². The molecule has 0 bridgehead atoms. The van der Waals surface area contributed by atoms with E-state index in [0.717, 1.165) is 26.1 Å². The lowest BCUT2D eigenvalue weighted by molar-refractivity contribution is 0.269. The molecular formula is C14H28N4. The Labute approximate surface area is 111 Å². The normalized spacial score (nSPS) is 11.7. The molecule has 1 N–H and O–H groups in total. The van der Waals surface area contributed by atoms with E-state index >= 15 is 0 Å². The quantitative estimate of drug-likeness (QED) is 0.716. The van der Waals surface area contributed by atoms with E-state index in [2.05, 4.69) is 49.2 Å². The van der Waals surface area contributed by atoms with E-state index < -0.39 is 0 Å². The molecule has 0 aromatic carbocycles. The van der Waals surface area contributed by atoms with Gasteiger partial charge >= 0.3 is 0 Å². The molecule has 0 aliphatic heterocycles. The summed E-state index contributed by atoms with van der Waals surface area (Å²) >= 11 is 0. The fraction of sp³-hybridized carbons (Fsp3) is 0.786. The average Bonchev–Trinajstić information content (AvgIpc) is 2.69. The van der Waals surface area contributed by atoms with Crippen LogP contribution in [0.3, 0.4) is 0 Å². The second kappa shape index (κ2) is 7.54. The van der Waals surface area contributed by atoms with Crippen LogP contribution in [0.2, 0.25) is 0 Å². The zero-order chi connectivity index (χ0) is 13.5. The first kappa shape index (κ1) is 15.2. The molecule has 0 fully saturated rings. The third-order valence-electron chi connectivity index (χ3n) is 3.44. The van der Waals surface area contributed by atoms with E-state index in [0.29, 0.717) is 6.04 Å². The summed E-state index contributed by atoms with van der Waals surface area (Å²) in [4.78, 5) is 2.38. The van der Waals surface area contributed by atoms with Crippen LogP contribution in [0.15, 0.2) is 6.07 Å². The van der Waals surface area contributed by atoms with Gasteiger partial charge in [0.05, 0.1) is 11.4 Å². The molecule has 0 radical (unpaired) electrons. The fourth-order valence-corrected chi connectivity index (χ4v) is 1.84. The van der Waals surface area contributed by atoms with Gasteiger partial charge in [-0.2, -0.15) is 5.10 Å². The Bertz CT molecular complexity index is 344. The van der Waals surface area contributed by atoms with Crippen molar-refractivity contribution in [2.75, 3.05) is 20.1 Å². The van der Waals surface area contributed by atoms with E-state index in [1.807, 2.05) is 11.7 Å². The summed E-state index contributed by atoms with van der Waals surface area (Å²) in [5.41, 5.74) is 2.44. The largest absolute Gasteiger partial charge is 0.311 e. The second-order valence-electron chi connectivity index (χ2n) is 5.21. The van der Waals surface area contributed by atoms with E-state index in [1.54, 1.807) is 0 Å². The van der Waals surface area contributed by atoms with Gasteiger partial charge < -0.3 is 10.2 Å².